The van der Waals surface area contributed by atoms with Crippen LogP contribution in [0.4, 0.5) is 0 Å². The largest absolute Gasteiger partial charge is 0.388 e. The van der Waals surface area contributed by atoms with E-state index in [2.05, 4.69) is 26.0 Å². The van der Waals surface area contributed by atoms with Gasteiger partial charge in [-0.3, -0.25) is 4.79 Å². The first-order valence-corrected chi connectivity index (χ1v) is 10.3. The fourth-order valence-electron chi connectivity index (χ4n) is 7.05. The lowest BCUT2D eigenvalue weighted by Crippen LogP contribution is -2.64. The van der Waals surface area contributed by atoms with Crippen molar-refractivity contribution >= 4 is 5.78 Å². The van der Waals surface area contributed by atoms with Crippen LogP contribution in [0.3, 0.4) is 0 Å². The molecule has 2 spiro atoms. The predicted molar refractivity (Wildman–Crippen MR) is 101 cm³/mol. The Kier molecular flexibility index (Phi) is 3.42. The molecule has 0 radical (unpaired) electrons. The van der Waals surface area contributed by atoms with E-state index in [9.17, 15) is 15.0 Å². The van der Waals surface area contributed by atoms with Gasteiger partial charge in [-0.15, -0.1) is 0 Å². The first-order chi connectivity index (χ1) is 12.6. The summed E-state index contributed by atoms with van der Waals surface area (Å²) in [5, 5.41) is 21.6. The topological polar surface area (TPSA) is 70.0 Å². The Hall–Kier alpha value is -1.01. The highest BCUT2D eigenvalue weighted by molar-refractivity contribution is 5.89. The number of carbonyl (C=O) groups excluding carboxylic acids is 1. The summed E-state index contributed by atoms with van der Waals surface area (Å²) < 4.78 is 7.02. The molecule has 0 aromatic carbocycles. The number of Topliss-reactive ketones (excluding diaryl/α,β-unsaturated/α-hetero) is 1. The Morgan fingerprint density at radius 3 is 2.63 bits per heavy atom. The van der Waals surface area contributed by atoms with Crippen LogP contribution < -0.4 is 0 Å². The highest BCUT2D eigenvalue weighted by atomic mass is 16.5. The number of aliphatic hydroxyl groups excluding tert-OH is 2. The summed E-state index contributed by atoms with van der Waals surface area (Å²) in [4.78, 5) is 14.8. The molecule has 5 rings (SSSR count). The molecule has 5 heteroatoms. The molecule has 2 N–H and O–H groups in total. The number of nitrogens with zero attached hydrogens (tertiary/aromatic N) is 1. The summed E-state index contributed by atoms with van der Waals surface area (Å²) in [6.45, 7) is 4.38. The smallest absolute Gasteiger partial charge is 0.139 e. The summed E-state index contributed by atoms with van der Waals surface area (Å²) in [6.07, 6.45) is 7.19. The minimum absolute atomic E-state index is 0.147. The van der Waals surface area contributed by atoms with Gasteiger partial charge in [0.2, 0.25) is 0 Å². The lowest BCUT2D eigenvalue weighted by Gasteiger charge is -2.59. The fourth-order valence-corrected chi connectivity index (χ4v) is 7.05. The van der Waals surface area contributed by atoms with E-state index in [1.165, 1.54) is 0 Å². The van der Waals surface area contributed by atoms with Crippen LogP contribution in [0.5, 0.6) is 0 Å². The normalized spacial score (nSPS) is 53.6. The van der Waals surface area contributed by atoms with Crippen molar-refractivity contribution in [2.24, 2.45) is 10.8 Å². The maximum Gasteiger partial charge on any atom is 0.139 e. The van der Waals surface area contributed by atoms with Gasteiger partial charge in [-0.2, -0.15) is 0 Å². The van der Waals surface area contributed by atoms with E-state index in [1.54, 1.807) is 0 Å². The number of hydrogen-bond acceptors (Lipinski definition) is 5. The molecule has 3 fully saturated rings. The Balaban J connectivity index is 1.67. The summed E-state index contributed by atoms with van der Waals surface area (Å²) in [7, 11) is 3.89. The molecule has 7 atom stereocenters. The summed E-state index contributed by atoms with van der Waals surface area (Å²) in [6, 6.07) is -0.147. The Morgan fingerprint density at radius 2 is 1.93 bits per heavy atom. The van der Waals surface area contributed by atoms with Gasteiger partial charge in [-0.05, 0) is 57.3 Å². The van der Waals surface area contributed by atoms with E-state index >= 15 is 0 Å². The fraction of sp³-hybridized carbons (Fsp3) is 0.773. The number of ketones is 1. The Labute approximate surface area is 161 Å². The van der Waals surface area contributed by atoms with Crippen molar-refractivity contribution in [3.63, 3.8) is 0 Å². The third-order valence-corrected chi connectivity index (χ3v) is 9.10. The second kappa shape index (κ2) is 5.12. The molecule has 0 aromatic heterocycles. The molecule has 1 saturated heterocycles. The van der Waals surface area contributed by atoms with Gasteiger partial charge in [0.15, 0.2) is 0 Å². The van der Waals surface area contributed by atoms with E-state index in [-0.39, 0.29) is 16.9 Å². The zero-order valence-corrected chi connectivity index (χ0v) is 16.8. The van der Waals surface area contributed by atoms with Crippen molar-refractivity contribution in [2.45, 2.75) is 81.8 Å². The van der Waals surface area contributed by atoms with Crippen LogP contribution in [0.1, 0.15) is 52.4 Å². The van der Waals surface area contributed by atoms with Crippen LogP contribution in [0.15, 0.2) is 23.3 Å². The van der Waals surface area contributed by atoms with E-state index in [4.69, 9.17) is 4.74 Å². The molecule has 148 valence electrons. The van der Waals surface area contributed by atoms with Crippen LogP contribution in [-0.2, 0) is 9.53 Å². The molecular formula is C22H31NO4. The second-order valence-electron chi connectivity index (χ2n) is 10.1. The number of ether oxygens (including phenoxy) is 1. The number of likely N-dealkylation sites (N-methyl/N-ethyl adjacent to an activating group) is 1. The molecule has 0 aromatic rings. The zero-order valence-electron chi connectivity index (χ0n) is 16.8. The maximum atomic E-state index is 12.8. The molecule has 2 heterocycles. The number of allylic oxidation sites excluding steroid dienone is 1. The first-order valence-electron chi connectivity index (χ1n) is 10.3. The molecule has 2 unspecified atom stereocenters. The summed E-state index contributed by atoms with van der Waals surface area (Å²) >= 11 is 0. The maximum absolute atomic E-state index is 12.8. The van der Waals surface area contributed by atoms with Gasteiger partial charge in [0.05, 0.1) is 11.7 Å². The highest BCUT2D eigenvalue weighted by Crippen LogP contribution is 2.71. The zero-order chi connectivity index (χ0) is 19.4. The van der Waals surface area contributed by atoms with Crippen LogP contribution in [0, 0.1) is 10.8 Å². The van der Waals surface area contributed by atoms with E-state index in [0.717, 1.165) is 36.8 Å². The van der Waals surface area contributed by atoms with Gasteiger partial charge in [0, 0.05) is 23.3 Å². The second-order valence-corrected chi connectivity index (χ2v) is 10.1. The molecule has 27 heavy (non-hydrogen) atoms. The Morgan fingerprint density at radius 1 is 1.19 bits per heavy atom. The number of aliphatic hydroxyl groups is 2. The Bertz CT molecular complexity index is 787. The molecule has 5 nitrogen and oxygen atoms in total. The van der Waals surface area contributed by atoms with Crippen LogP contribution in [0.2, 0.25) is 0 Å². The third-order valence-electron chi connectivity index (χ3n) is 9.10. The highest BCUT2D eigenvalue weighted by Gasteiger charge is 2.73. The predicted octanol–water partition coefficient (Wildman–Crippen LogP) is 1.98. The lowest BCUT2D eigenvalue weighted by atomic mass is 9.51. The molecule has 2 bridgehead atoms. The molecule has 2 saturated carbocycles. The van der Waals surface area contributed by atoms with Crippen molar-refractivity contribution in [3.05, 3.63) is 23.3 Å². The van der Waals surface area contributed by atoms with Gasteiger partial charge in [-0.25, -0.2) is 0 Å². The third kappa shape index (κ3) is 1.83. The van der Waals surface area contributed by atoms with Gasteiger partial charge in [0.1, 0.15) is 17.5 Å². The van der Waals surface area contributed by atoms with Crippen LogP contribution in [0.25, 0.3) is 0 Å². The molecule has 2 aliphatic heterocycles. The minimum atomic E-state index is -0.908. The van der Waals surface area contributed by atoms with Crippen molar-refractivity contribution in [3.8, 4) is 0 Å². The van der Waals surface area contributed by atoms with E-state index in [1.807, 2.05) is 19.0 Å². The van der Waals surface area contributed by atoms with Crippen molar-refractivity contribution < 1.29 is 19.7 Å². The average molecular weight is 373 g/mol. The minimum Gasteiger partial charge on any atom is -0.388 e. The summed E-state index contributed by atoms with van der Waals surface area (Å²) in [5.74, 6) is 0.360. The van der Waals surface area contributed by atoms with Crippen molar-refractivity contribution in [1.29, 1.82) is 0 Å². The number of carbonyl (C=O) groups is 1. The lowest BCUT2D eigenvalue weighted by molar-refractivity contribution is -0.194. The standard InChI is InChI=1S/C22H31NO4/c1-19-7-5-13-11-14-17(25)18(26)15(23(3)4)12-21(14)9-10-22(13,27-21)20(19,2)8-6-16(19)24/h5,11,15,17-18,25-26H,6-10,12H2,1-4H3/t15-,17+,18+,19+,20+,21?,22?/m0/s1. The molecular weight excluding hydrogens is 342 g/mol. The van der Waals surface area contributed by atoms with Crippen molar-refractivity contribution in [1.82, 2.24) is 4.90 Å². The quantitative estimate of drug-likeness (QED) is 0.735. The first kappa shape index (κ1) is 18.0. The monoisotopic (exact) mass is 373 g/mol. The van der Waals surface area contributed by atoms with Gasteiger partial charge >= 0.3 is 0 Å². The molecule has 0 amide bonds. The number of hydrogen-bond donors (Lipinski definition) is 2. The molecule has 3 aliphatic carbocycles. The molecule has 5 aliphatic rings. The van der Waals surface area contributed by atoms with Crippen LogP contribution >= 0.6 is 0 Å². The van der Waals surface area contributed by atoms with Gasteiger partial charge in [-0.1, -0.05) is 26.0 Å². The SMILES string of the molecule is CN(C)[C@H]1CC23CCC4(O2)C(=CC[C@]2(C)C(=O)CC[C@@]42C)C=C3[C@@H](O)[C@@H]1O. The number of rotatable bonds is 1. The van der Waals surface area contributed by atoms with Crippen molar-refractivity contribution in [2.75, 3.05) is 14.1 Å². The van der Waals surface area contributed by atoms with Gasteiger partial charge in [0.25, 0.3) is 0 Å². The van der Waals surface area contributed by atoms with E-state index < -0.39 is 23.4 Å². The van der Waals surface area contributed by atoms with E-state index in [0.29, 0.717) is 18.6 Å². The average Bonchev–Trinajstić information content (AvgIpc) is 3.07. The van der Waals surface area contributed by atoms with Gasteiger partial charge < -0.3 is 19.8 Å². The number of fused-ring (bicyclic) bond motifs is 1. The van der Waals surface area contributed by atoms with Crippen LogP contribution in [-0.4, -0.2) is 64.4 Å². The summed E-state index contributed by atoms with van der Waals surface area (Å²) in [5.41, 5.74) is 0.383.